The first kappa shape index (κ1) is 37.2. The maximum Gasteiger partial charge on any atom is 0.246 e. The zero-order valence-electron chi connectivity index (χ0n) is 24.3. The number of hydroxylamine groups is 5. The summed E-state index contributed by atoms with van der Waals surface area (Å²) in [5.74, 6) is -1.55. The molecule has 0 aromatic carbocycles. The van der Waals surface area contributed by atoms with Gasteiger partial charge in [-0.05, 0) is 57.9 Å². The lowest BCUT2D eigenvalue weighted by Gasteiger charge is -2.15. The van der Waals surface area contributed by atoms with Gasteiger partial charge in [-0.2, -0.15) is 0 Å². The molecule has 0 saturated carbocycles. The molecular weight excluding hydrogens is 520 g/mol. The van der Waals surface area contributed by atoms with E-state index in [1.165, 1.54) is 0 Å². The number of hydrogen-bond donors (Lipinski definition) is 5. The molecule has 13 heteroatoms. The highest BCUT2D eigenvalue weighted by molar-refractivity contribution is 5.83. The summed E-state index contributed by atoms with van der Waals surface area (Å²) in [5, 5.41) is 37.8. The van der Waals surface area contributed by atoms with E-state index in [0.29, 0.717) is 62.0 Å². The summed E-state index contributed by atoms with van der Waals surface area (Å²) in [7, 11) is 0. The highest BCUT2D eigenvalue weighted by atomic mass is 16.5. The molecule has 0 atom stereocenters. The van der Waals surface area contributed by atoms with Gasteiger partial charge in [0.15, 0.2) is 12.8 Å². The molecule has 6 N–H and O–H groups in total. The van der Waals surface area contributed by atoms with Crippen LogP contribution in [0.5, 0.6) is 0 Å². The molecule has 4 amide bonds. The van der Waals surface area contributed by atoms with Gasteiger partial charge < -0.3 is 21.6 Å². The maximum absolute atomic E-state index is 12.0. The fraction of sp³-hybridized carbons (Fsp3) is 0.815. The van der Waals surface area contributed by atoms with E-state index in [0.717, 1.165) is 49.7 Å². The van der Waals surface area contributed by atoms with E-state index in [9.17, 15) is 34.8 Å². The van der Waals surface area contributed by atoms with Gasteiger partial charge in [-0.3, -0.25) is 29.6 Å². The number of nitrogens with two attached hydrogens (primary N) is 1. The largest absolute Gasteiger partial charge is 0.624 e. The molecule has 0 aliphatic heterocycles. The predicted octanol–water partition coefficient (Wildman–Crippen LogP) is 2.07. The first-order chi connectivity index (χ1) is 19.2. The van der Waals surface area contributed by atoms with Crippen LogP contribution < -0.4 is 16.4 Å². The molecule has 40 heavy (non-hydrogen) atoms. The molecule has 0 rings (SSSR count). The number of carbonyl (C=O) groups excluding carboxylic acids is 4. The van der Waals surface area contributed by atoms with Crippen molar-refractivity contribution in [3.8, 4) is 0 Å². The average Bonchev–Trinajstić information content (AvgIpc) is 2.94. The Balaban J connectivity index is 3.75. The monoisotopic (exact) mass is 572 g/mol. The summed E-state index contributed by atoms with van der Waals surface area (Å²) in [5.41, 5.74) is 5.40. The van der Waals surface area contributed by atoms with Crippen LogP contribution in [0.2, 0.25) is 0 Å². The third kappa shape index (κ3) is 22.1. The summed E-state index contributed by atoms with van der Waals surface area (Å²) in [4.78, 5) is 47.6. The zero-order valence-corrected chi connectivity index (χ0v) is 24.3. The topological polar surface area (TPSA) is 191 Å². The summed E-state index contributed by atoms with van der Waals surface area (Å²) in [6.45, 7) is 4.28. The minimum Gasteiger partial charge on any atom is -0.624 e. The van der Waals surface area contributed by atoms with Crippen molar-refractivity contribution in [2.45, 2.75) is 103 Å². The predicted molar refractivity (Wildman–Crippen MR) is 152 cm³/mol. The second-order valence-electron chi connectivity index (χ2n) is 9.82. The standard InChI is InChI=1S/C27H52N6O7/c1-2-3-20-31(38)21-10-5-8-18-29-24(34)14-16-27(37)33(40)23-12-6-9-19-30-25(35)13-15-26(36)32(39)22-11-4-7-17-28/h20,39-40H,2-19,21-23,28H2,1H3,(H,29,34)(H,30,35). The third-order valence-corrected chi connectivity index (χ3v) is 6.15. The second-order valence-corrected chi connectivity index (χ2v) is 9.82. The molecule has 0 aromatic heterocycles. The molecule has 0 heterocycles. The molecule has 0 aromatic rings. The van der Waals surface area contributed by atoms with Crippen LogP contribution in [0.25, 0.3) is 0 Å². The Morgan fingerprint density at radius 3 is 1.70 bits per heavy atom. The van der Waals surface area contributed by atoms with E-state index in [4.69, 9.17) is 5.73 Å². The molecule has 0 unspecified atom stereocenters. The van der Waals surface area contributed by atoms with Crippen molar-refractivity contribution < 1.29 is 34.3 Å². The van der Waals surface area contributed by atoms with E-state index < -0.39 is 11.8 Å². The Bertz CT molecular complexity index is 751. The Labute approximate surface area is 238 Å². The van der Waals surface area contributed by atoms with Gasteiger partial charge in [-0.25, -0.2) is 14.9 Å². The minimum atomic E-state index is -0.524. The van der Waals surface area contributed by atoms with Gasteiger partial charge in [0.05, 0.1) is 0 Å². The SMILES string of the molecule is CCCC=[N+]([O-])CCCCCNC(=O)CCC(=O)N(O)CCCCCNC(=O)CCC(=O)N(O)CCCCCN. The van der Waals surface area contributed by atoms with Crippen molar-refractivity contribution >= 4 is 29.8 Å². The molecule has 0 spiro atoms. The number of nitrogens with zero attached hydrogens (tertiary/aromatic N) is 3. The Hall–Kier alpha value is -2.77. The fourth-order valence-electron chi connectivity index (χ4n) is 3.66. The summed E-state index contributed by atoms with van der Waals surface area (Å²) in [6, 6.07) is 0. The van der Waals surface area contributed by atoms with E-state index in [1.807, 2.05) is 6.92 Å². The van der Waals surface area contributed by atoms with Crippen molar-refractivity contribution in [1.29, 1.82) is 0 Å². The van der Waals surface area contributed by atoms with Gasteiger partial charge in [0.1, 0.15) is 0 Å². The van der Waals surface area contributed by atoms with Gasteiger partial charge in [-0.15, -0.1) is 0 Å². The molecule has 0 radical (unpaired) electrons. The van der Waals surface area contributed by atoms with Crippen molar-refractivity contribution in [3.63, 3.8) is 0 Å². The molecule has 0 saturated heterocycles. The van der Waals surface area contributed by atoms with Crippen molar-refractivity contribution in [3.05, 3.63) is 5.21 Å². The molecule has 0 fully saturated rings. The van der Waals surface area contributed by atoms with E-state index in [1.54, 1.807) is 6.21 Å². The van der Waals surface area contributed by atoms with Crippen LogP contribution in [0.15, 0.2) is 0 Å². The number of nitrogens with one attached hydrogen (secondary N) is 2. The van der Waals surface area contributed by atoms with Gasteiger partial charge in [0.25, 0.3) is 0 Å². The van der Waals surface area contributed by atoms with Crippen LogP contribution in [0, 0.1) is 5.21 Å². The fourth-order valence-corrected chi connectivity index (χ4v) is 3.66. The molecule has 0 bridgehead atoms. The highest BCUT2D eigenvalue weighted by Gasteiger charge is 2.14. The van der Waals surface area contributed by atoms with Gasteiger partial charge >= 0.3 is 0 Å². The summed E-state index contributed by atoms with van der Waals surface area (Å²) in [6.07, 6.45) is 9.67. The number of carbonyl (C=O) groups is 4. The van der Waals surface area contributed by atoms with E-state index in [-0.39, 0.29) is 50.6 Å². The average molecular weight is 573 g/mol. The van der Waals surface area contributed by atoms with Crippen LogP contribution >= 0.6 is 0 Å². The number of rotatable bonds is 25. The Morgan fingerprint density at radius 1 is 0.750 bits per heavy atom. The minimum absolute atomic E-state index is 0.00687. The third-order valence-electron chi connectivity index (χ3n) is 6.15. The van der Waals surface area contributed by atoms with Gasteiger partial charge in [-0.1, -0.05) is 13.3 Å². The van der Waals surface area contributed by atoms with Crippen LogP contribution in [0.3, 0.4) is 0 Å². The van der Waals surface area contributed by atoms with E-state index in [2.05, 4.69) is 10.6 Å². The first-order valence-corrected chi connectivity index (χ1v) is 14.7. The zero-order chi connectivity index (χ0) is 30.0. The molecular formula is C27H52N6O7. The van der Waals surface area contributed by atoms with Crippen molar-refractivity contribution in [1.82, 2.24) is 20.8 Å². The molecule has 0 aliphatic carbocycles. The van der Waals surface area contributed by atoms with Crippen LogP contribution in [0.4, 0.5) is 0 Å². The Morgan fingerprint density at radius 2 is 1.23 bits per heavy atom. The molecule has 232 valence electrons. The second kappa shape index (κ2) is 25.2. The van der Waals surface area contributed by atoms with Crippen LogP contribution in [0.1, 0.15) is 103 Å². The van der Waals surface area contributed by atoms with Gasteiger partial charge in [0, 0.05) is 64.7 Å². The number of unbranched alkanes of at least 4 members (excludes halogenated alkanes) is 7. The molecule has 13 nitrogen and oxygen atoms in total. The Kier molecular flexibility index (Phi) is 23.5. The quantitative estimate of drug-likeness (QED) is 0.0274. The van der Waals surface area contributed by atoms with E-state index >= 15 is 0 Å². The number of amides is 4. The smallest absolute Gasteiger partial charge is 0.246 e. The van der Waals surface area contributed by atoms with Gasteiger partial charge in [0.2, 0.25) is 23.6 Å². The lowest BCUT2D eigenvalue weighted by atomic mass is 10.2. The summed E-state index contributed by atoms with van der Waals surface area (Å²) < 4.78 is 0.958. The summed E-state index contributed by atoms with van der Waals surface area (Å²) >= 11 is 0. The van der Waals surface area contributed by atoms with Crippen molar-refractivity contribution in [2.24, 2.45) is 5.73 Å². The number of hydrogen-bond acceptors (Lipinski definition) is 8. The first-order valence-electron chi connectivity index (χ1n) is 14.7. The lowest BCUT2D eigenvalue weighted by Crippen LogP contribution is -2.31. The van der Waals surface area contributed by atoms with Crippen LogP contribution in [-0.2, 0) is 19.2 Å². The highest BCUT2D eigenvalue weighted by Crippen LogP contribution is 2.03. The van der Waals surface area contributed by atoms with Crippen molar-refractivity contribution in [2.75, 3.05) is 39.3 Å². The lowest BCUT2D eigenvalue weighted by molar-refractivity contribution is -0.454. The maximum atomic E-state index is 12.0. The molecule has 0 aliphatic rings. The normalized spacial score (nSPS) is 11.2. The van der Waals surface area contributed by atoms with Crippen LogP contribution in [-0.4, -0.2) is 94.4 Å².